The first-order valence-corrected chi connectivity index (χ1v) is 19.7. The Bertz CT molecular complexity index is 2350. The van der Waals surface area contributed by atoms with Crippen LogP contribution in [0.4, 0.5) is 11.4 Å². The zero-order valence-corrected chi connectivity index (χ0v) is 30.7. The lowest BCUT2D eigenvalue weighted by Crippen LogP contribution is -2.41. The molecule has 0 saturated carbocycles. The summed E-state index contributed by atoms with van der Waals surface area (Å²) < 4.78 is 25.9. The van der Waals surface area contributed by atoms with Crippen LogP contribution >= 0.6 is 7.60 Å². The molecule has 1 atom stereocenters. The van der Waals surface area contributed by atoms with Gasteiger partial charge in [0.1, 0.15) is 0 Å². The van der Waals surface area contributed by atoms with Gasteiger partial charge in [0.15, 0.2) is 5.66 Å². The SMILES string of the molecule is CCOP(=O)(OCC)C(C(=O)Nc1cc(NC(=O)C2CCN(C(=O)c3ccc4ccccc4c3)CC2)c2ccccc2c1)c1cccc2ccccc12. The molecule has 0 spiro atoms. The molecular formula is C43H42N3O6P. The molecule has 3 amide bonds. The van der Waals surface area contributed by atoms with E-state index in [1.807, 2.05) is 114 Å². The molecule has 9 nitrogen and oxygen atoms in total. The second-order valence-electron chi connectivity index (χ2n) is 13.2. The second-order valence-corrected chi connectivity index (χ2v) is 15.3. The standard InChI is InChI=1S/C43H42N3O6P/c1-3-51-53(50,52-4-2)40(38-19-11-16-30-13-7-9-17-36(30)38)42(48)44-35-27-33-15-8-10-18-37(33)39(28-35)45-41(47)31-22-24-46(25-23-31)43(49)34-21-20-29-12-5-6-14-32(29)26-34/h5-21,26-28,31,40H,3-4,22-25H2,1-2H3,(H,44,48)(H,45,47). The van der Waals surface area contributed by atoms with Gasteiger partial charge in [-0.2, -0.15) is 0 Å². The molecule has 7 rings (SSSR count). The van der Waals surface area contributed by atoms with Crippen molar-refractivity contribution in [3.05, 3.63) is 132 Å². The van der Waals surface area contributed by atoms with Crippen LogP contribution in [0.1, 0.15) is 48.3 Å². The van der Waals surface area contributed by atoms with Crippen molar-refractivity contribution in [1.29, 1.82) is 0 Å². The summed E-state index contributed by atoms with van der Waals surface area (Å²) in [5.74, 6) is -1.04. The van der Waals surface area contributed by atoms with E-state index < -0.39 is 19.2 Å². The smallest absolute Gasteiger partial charge is 0.339 e. The maximum Gasteiger partial charge on any atom is 0.347 e. The van der Waals surface area contributed by atoms with Gasteiger partial charge in [0.2, 0.25) is 11.8 Å². The third-order valence-electron chi connectivity index (χ3n) is 9.84. The fraction of sp³-hybridized carbons (Fsp3) is 0.233. The minimum absolute atomic E-state index is 0.0379. The molecule has 1 aliphatic rings. The van der Waals surface area contributed by atoms with E-state index in [-0.39, 0.29) is 30.9 Å². The number of rotatable bonds is 11. The van der Waals surface area contributed by atoms with Crippen LogP contribution in [0.25, 0.3) is 32.3 Å². The molecule has 1 aliphatic heterocycles. The highest BCUT2D eigenvalue weighted by molar-refractivity contribution is 7.55. The van der Waals surface area contributed by atoms with Crippen molar-refractivity contribution >= 4 is 69.0 Å². The van der Waals surface area contributed by atoms with Crippen LogP contribution in [-0.2, 0) is 23.2 Å². The first kappa shape index (κ1) is 36.0. The van der Waals surface area contributed by atoms with Crippen molar-refractivity contribution in [3.8, 4) is 0 Å². The molecule has 1 unspecified atom stereocenters. The number of benzene rings is 6. The van der Waals surface area contributed by atoms with Gasteiger partial charge >= 0.3 is 7.60 Å². The quantitative estimate of drug-likeness (QED) is 0.129. The highest BCUT2D eigenvalue weighted by Gasteiger charge is 2.43. The number of likely N-dealkylation sites (tertiary alicyclic amines) is 1. The number of piperidine rings is 1. The molecule has 1 saturated heterocycles. The Hall–Kier alpha value is -5.34. The Morgan fingerprint density at radius 2 is 1.32 bits per heavy atom. The van der Waals surface area contributed by atoms with Gasteiger partial charge in [0, 0.05) is 35.6 Å². The number of nitrogens with zero attached hydrogens (tertiary/aromatic N) is 1. The Morgan fingerprint density at radius 1 is 0.698 bits per heavy atom. The van der Waals surface area contributed by atoms with Crippen LogP contribution in [0.2, 0.25) is 0 Å². The molecule has 10 heteroatoms. The zero-order chi connectivity index (χ0) is 37.0. The van der Waals surface area contributed by atoms with Crippen LogP contribution in [0.5, 0.6) is 0 Å². The molecule has 2 N–H and O–H groups in total. The molecule has 270 valence electrons. The first-order valence-electron chi connectivity index (χ1n) is 18.1. The van der Waals surface area contributed by atoms with Gasteiger partial charge in [-0.25, -0.2) is 0 Å². The van der Waals surface area contributed by atoms with Crippen molar-refractivity contribution in [3.63, 3.8) is 0 Å². The average molecular weight is 728 g/mol. The molecule has 0 bridgehead atoms. The van der Waals surface area contributed by atoms with Gasteiger partial charge in [-0.1, -0.05) is 97.1 Å². The third kappa shape index (κ3) is 7.60. The van der Waals surface area contributed by atoms with E-state index in [2.05, 4.69) is 10.6 Å². The highest BCUT2D eigenvalue weighted by Crippen LogP contribution is 2.62. The number of carbonyl (C=O) groups is 3. The molecule has 0 radical (unpaired) electrons. The van der Waals surface area contributed by atoms with Gasteiger partial charge in [0.05, 0.1) is 18.9 Å². The van der Waals surface area contributed by atoms with Crippen molar-refractivity contribution in [1.82, 2.24) is 4.90 Å². The Balaban J connectivity index is 1.11. The monoisotopic (exact) mass is 727 g/mol. The minimum Gasteiger partial charge on any atom is -0.339 e. The van der Waals surface area contributed by atoms with Crippen LogP contribution < -0.4 is 10.6 Å². The highest BCUT2D eigenvalue weighted by atomic mass is 31.2. The Kier molecular flexibility index (Phi) is 10.7. The predicted octanol–water partition coefficient (Wildman–Crippen LogP) is 9.58. The van der Waals surface area contributed by atoms with E-state index in [0.29, 0.717) is 48.4 Å². The normalized spacial score (nSPS) is 14.3. The van der Waals surface area contributed by atoms with E-state index in [4.69, 9.17) is 9.05 Å². The van der Waals surface area contributed by atoms with E-state index in [1.165, 1.54) is 0 Å². The number of carbonyl (C=O) groups excluding carboxylic acids is 3. The van der Waals surface area contributed by atoms with Crippen LogP contribution in [0.3, 0.4) is 0 Å². The van der Waals surface area contributed by atoms with Crippen molar-refractivity contribution < 1.29 is 28.0 Å². The maximum atomic E-state index is 14.4. The number of hydrogen-bond acceptors (Lipinski definition) is 6. The molecule has 1 heterocycles. The second kappa shape index (κ2) is 15.7. The Labute approximate surface area is 308 Å². The maximum absolute atomic E-state index is 14.4. The molecule has 6 aromatic carbocycles. The molecule has 0 aromatic heterocycles. The lowest BCUT2D eigenvalue weighted by atomic mass is 9.94. The van der Waals surface area contributed by atoms with Crippen molar-refractivity contribution in [2.75, 3.05) is 36.9 Å². The van der Waals surface area contributed by atoms with Crippen LogP contribution in [-0.4, -0.2) is 48.9 Å². The van der Waals surface area contributed by atoms with Crippen LogP contribution in [0, 0.1) is 5.92 Å². The number of nitrogens with one attached hydrogen (secondary N) is 2. The number of hydrogen-bond donors (Lipinski definition) is 2. The number of fused-ring (bicyclic) bond motifs is 3. The summed E-state index contributed by atoms with van der Waals surface area (Å²) in [6.07, 6.45) is 1.05. The number of anilines is 2. The zero-order valence-electron chi connectivity index (χ0n) is 29.8. The topological polar surface area (TPSA) is 114 Å². The summed E-state index contributed by atoms with van der Waals surface area (Å²) in [6.45, 7) is 4.55. The number of amides is 3. The fourth-order valence-corrected chi connectivity index (χ4v) is 9.28. The van der Waals surface area contributed by atoms with E-state index in [0.717, 1.165) is 32.3 Å². The van der Waals surface area contributed by atoms with Crippen molar-refractivity contribution in [2.24, 2.45) is 5.92 Å². The van der Waals surface area contributed by atoms with Gasteiger partial charge in [-0.15, -0.1) is 0 Å². The summed E-state index contributed by atoms with van der Waals surface area (Å²) in [4.78, 5) is 43.3. The summed E-state index contributed by atoms with van der Waals surface area (Å²) >= 11 is 0. The lowest BCUT2D eigenvalue weighted by Gasteiger charge is -2.31. The summed E-state index contributed by atoms with van der Waals surface area (Å²) in [7, 11) is -4.00. The van der Waals surface area contributed by atoms with Gasteiger partial charge in [-0.3, -0.25) is 18.9 Å². The van der Waals surface area contributed by atoms with Gasteiger partial charge in [0.25, 0.3) is 5.91 Å². The Morgan fingerprint density at radius 3 is 2.04 bits per heavy atom. The first-order chi connectivity index (χ1) is 25.8. The van der Waals surface area contributed by atoms with E-state index in [9.17, 15) is 18.9 Å². The molecule has 53 heavy (non-hydrogen) atoms. The molecule has 6 aromatic rings. The van der Waals surface area contributed by atoms with E-state index in [1.54, 1.807) is 26.0 Å². The summed E-state index contributed by atoms with van der Waals surface area (Å²) in [5, 5.41) is 11.5. The molecular weight excluding hydrogens is 685 g/mol. The van der Waals surface area contributed by atoms with E-state index >= 15 is 0 Å². The lowest BCUT2D eigenvalue weighted by molar-refractivity contribution is -0.121. The summed E-state index contributed by atoms with van der Waals surface area (Å²) in [6, 6.07) is 38.0. The van der Waals surface area contributed by atoms with Crippen molar-refractivity contribution in [2.45, 2.75) is 32.3 Å². The minimum atomic E-state index is -4.00. The van der Waals surface area contributed by atoms with Gasteiger partial charge in [-0.05, 0) is 83.4 Å². The largest absolute Gasteiger partial charge is 0.347 e. The fourth-order valence-electron chi connectivity index (χ4n) is 7.27. The summed E-state index contributed by atoms with van der Waals surface area (Å²) in [5.41, 5.74) is 0.867. The third-order valence-corrected chi connectivity index (χ3v) is 12.2. The average Bonchev–Trinajstić information content (AvgIpc) is 3.18. The van der Waals surface area contributed by atoms with Crippen LogP contribution in [0.15, 0.2) is 121 Å². The molecule has 1 fully saturated rings. The predicted molar refractivity (Wildman–Crippen MR) is 211 cm³/mol. The molecule has 0 aliphatic carbocycles. The van der Waals surface area contributed by atoms with Gasteiger partial charge < -0.3 is 24.6 Å².